The smallest absolute Gasteiger partial charge is 0.342 e. The lowest BCUT2D eigenvalue weighted by molar-refractivity contribution is -0.124. The first kappa shape index (κ1) is 16.3. The van der Waals surface area contributed by atoms with E-state index in [0.717, 1.165) is 12.8 Å². The zero-order valence-corrected chi connectivity index (χ0v) is 12.2. The molecule has 0 spiro atoms. The Hall–Kier alpha value is -1.75. The quantitative estimate of drug-likeness (QED) is 0.791. The second-order valence-electron chi connectivity index (χ2n) is 4.49. The number of rotatable bonds is 6. The molecule has 110 valence electrons. The number of hydrogen-bond acceptors (Lipinski definition) is 4. The van der Waals surface area contributed by atoms with E-state index in [1.807, 2.05) is 13.8 Å². The summed E-state index contributed by atoms with van der Waals surface area (Å²) in [4.78, 5) is 23.2. The van der Waals surface area contributed by atoms with Crippen molar-refractivity contribution < 1.29 is 19.4 Å². The lowest BCUT2D eigenvalue weighted by Crippen LogP contribution is -2.35. The van der Waals surface area contributed by atoms with Gasteiger partial charge in [-0.15, -0.1) is 0 Å². The summed E-state index contributed by atoms with van der Waals surface area (Å²) >= 11 is 5.66. The summed E-state index contributed by atoms with van der Waals surface area (Å²) < 4.78 is 4.84. The van der Waals surface area contributed by atoms with Gasteiger partial charge in [0.25, 0.3) is 5.91 Å². The average molecular weight is 300 g/mol. The molecule has 0 saturated carbocycles. The molecule has 0 saturated heterocycles. The van der Waals surface area contributed by atoms with Crippen molar-refractivity contribution in [2.24, 2.45) is 0 Å². The van der Waals surface area contributed by atoms with Gasteiger partial charge < -0.3 is 15.2 Å². The first-order valence-corrected chi connectivity index (χ1v) is 6.76. The van der Waals surface area contributed by atoms with E-state index >= 15 is 0 Å². The van der Waals surface area contributed by atoms with Crippen LogP contribution in [0.2, 0.25) is 5.02 Å². The summed E-state index contributed by atoms with van der Waals surface area (Å²) in [6, 6.07) is 4.08. The van der Waals surface area contributed by atoms with Gasteiger partial charge in [-0.05, 0) is 31.5 Å². The van der Waals surface area contributed by atoms with Gasteiger partial charge in [0.05, 0.1) is 0 Å². The van der Waals surface area contributed by atoms with E-state index in [1.165, 1.54) is 18.2 Å². The number of benzene rings is 1. The molecule has 1 rings (SSSR count). The number of carbonyl (C=O) groups is 2. The van der Waals surface area contributed by atoms with Gasteiger partial charge >= 0.3 is 5.97 Å². The SMILES string of the molecule is CCC[C@@H](C)NC(=O)COC(=O)c1ccc(Cl)cc1O. The van der Waals surface area contributed by atoms with Crippen molar-refractivity contribution in [2.45, 2.75) is 32.7 Å². The van der Waals surface area contributed by atoms with Crippen molar-refractivity contribution in [1.29, 1.82) is 0 Å². The van der Waals surface area contributed by atoms with E-state index < -0.39 is 5.97 Å². The third kappa shape index (κ3) is 5.09. The number of amides is 1. The molecule has 0 aliphatic heterocycles. The second kappa shape index (κ2) is 7.75. The number of hydrogen-bond donors (Lipinski definition) is 2. The molecule has 0 aromatic heterocycles. The minimum atomic E-state index is -0.766. The monoisotopic (exact) mass is 299 g/mol. The normalized spacial score (nSPS) is 11.8. The van der Waals surface area contributed by atoms with Crippen LogP contribution >= 0.6 is 11.6 Å². The second-order valence-corrected chi connectivity index (χ2v) is 4.93. The Morgan fingerprint density at radius 1 is 1.45 bits per heavy atom. The Labute approximate surface area is 122 Å². The Bertz CT molecular complexity index is 490. The third-order valence-corrected chi connectivity index (χ3v) is 2.88. The van der Waals surface area contributed by atoms with E-state index in [1.54, 1.807) is 0 Å². The van der Waals surface area contributed by atoms with E-state index in [4.69, 9.17) is 16.3 Å². The van der Waals surface area contributed by atoms with Crippen LogP contribution in [0.5, 0.6) is 5.75 Å². The topological polar surface area (TPSA) is 75.6 Å². The standard InChI is InChI=1S/C14H18ClNO4/c1-3-4-9(2)16-13(18)8-20-14(19)11-6-5-10(15)7-12(11)17/h5-7,9,17H,3-4,8H2,1-2H3,(H,16,18)/t9-/m1/s1. The van der Waals surface area contributed by atoms with Crippen LogP contribution in [0, 0.1) is 0 Å². The first-order chi connectivity index (χ1) is 9.43. The molecule has 2 N–H and O–H groups in total. The molecule has 6 heteroatoms. The van der Waals surface area contributed by atoms with Gasteiger partial charge in [-0.1, -0.05) is 24.9 Å². The molecule has 0 radical (unpaired) electrons. The minimum absolute atomic E-state index is 0.0243. The molecule has 0 unspecified atom stereocenters. The molecular formula is C14H18ClNO4. The summed E-state index contributed by atoms with van der Waals surface area (Å²) in [5.41, 5.74) is -0.0243. The van der Waals surface area contributed by atoms with Crippen molar-refractivity contribution in [3.05, 3.63) is 28.8 Å². The van der Waals surface area contributed by atoms with Crippen molar-refractivity contribution in [3.8, 4) is 5.75 Å². The maximum atomic E-state index is 11.7. The van der Waals surface area contributed by atoms with Crippen LogP contribution in [0.4, 0.5) is 0 Å². The molecule has 1 atom stereocenters. The third-order valence-electron chi connectivity index (χ3n) is 2.64. The van der Waals surface area contributed by atoms with Crippen molar-refractivity contribution in [1.82, 2.24) is 5.32 Å². The summed E-state index contributed by atoms with van der Waals surface area (Å²) in [7, 11) is 0. The minimum Gasteiger partial charge on any atom is -0.507 e. The van der Waals surface area contributed by atoms with Crippen LogP contribution in [-0.2, 0) is 9.53 Å². The molecule has 0 bridgehead atoms. The van der Waals surface area contributed by atoms with Gasteiger partial charge in [-0.25, -0.2) is 4.79 Å². The number of ether oxygens (including phenoxy) is 1. The van der Waals surface area contributed by atoms with E-state index in [9.17, 15) is 14.7 Å². The van der Waals surface area contributed by atoms with E-state index in [2.05, 4.69) is 5.32 Å². The highest BCUT2D eigenvalue weighted by Gasteiger charge is 2.15. The number of carbonyl (C=O) groups excluding carboxylic acids is 2. The maximum absolute atomic E-state index is 11.7. The summed E-state index contributed by atoms with van der Waals surface area (Å²) in [5.74, 6) is -1.41. The number of aromatic hydroxyl groups is 1. The molecule has 0 heterocycles. The van der Waals surface area contributed by atoms with Crippen LogP contribution in [0.25, 0.3) is 0 Å². The fourth-order valence-electron chi connectivity index (χ4n) is 1.71. The van der Waals surface area contributed by atoms with Crippen LogP contribution in [-0.4, -0.2) is 29.6 Å². The zero-order valence-electron chi connectivity index (χ0n) is 11.5. The number of nitrogens with one attached hydrogen (secondary N) is 1. The fourth-order valence-corrected chi connectivity index (χ4v) is 1.87. The lowest BCUT2D eigenvalue weighted by atomic mass is 10.2. The summed E-state index contributed by atoms with van der Waals surface area (Å²) in [5, 5.41) is 12.6. The van der Waals surface area contributed by atoms with E-state index in [0.29, 0.717) is 5.02 Å². The van der Waals surface area contributed by atoms with Crippen molar-refractivity contribution >= 4 is 23.5 Å². The number of phenolic OH excluding ortho intramolecular Hbond substituents is 1. The molecule has 1 aromatic carbocycles. The van der Waals surface area contributed by atoms with Crippen LogP contribution in [0.1, 0.15) is 37.0 Å². The molecular weight excluding hydrogens is 282 g/mol. The number of phenols is 1. The van der Waals surface area contributed by atoms with Gasteiger partial charge in [0.1, 0.15) is 11.3 Å². The van der Waals surface area contributed by atoms with Crippen LogP contribution < -0.4 is 5.32 Å². The molecule has 5 nitrogen and oxygen atoms in total. The zero-order chi connectivity index (χ0) is 15.1. The molecule has 0 aliphatic rings. The lowest BCUT2D eigenvalue weighted by Gasteiger charge is -2.12. The number of esters is 1. The molecule has 1 aromatic rings. The van der Waals surface area contributed by atoms with Gasteiger partial charge in [-0.3, -0.25) is 4.79 Å². The van der Waals surface area contributed by atoms with Crippen molar-refractivity contribution in [3.63, 3.8) is 0 Å². The van der Waals surface area contributed by atoms with Gasteiger partial charge in [0.2, 0.25) is 0 Å². The highest BCUT2D eigenvalue weighted by molar-refractivity contribution is 6.30. The van der Waals surface area contributed by atoms with E-state index in [-0.39, 0.29) is 29.9 Å². The summed E-state index contributed by atoms with van der Waals surface area (Å²) in [6.07, 6.45) is 1.82. The predicted molar refractivity (Wildman–Crippen MR) is 75.9 cm³/mol. The average Bonchev–Trinajstić information content (AvgIpc) is 2.36. The molecule has 0 fully saturated rings. The largest absolute Gasteiger partial charge is 0.507 e. The first-order valence-electron chi connectivity index (χ1n) is 6.39. The van der Waals surface area contributed by atoms with Gasteiger partial charge in [0, 0.05) is 11.1 Å². The highest BCUT2D eigenvalue weighted by Crippen LogP contribution is 2.22. The Morgan fingerprint density at radius 3 is 2.75 bits per heavy atom. The fraction of sp³-hybridized carbons (Fsp3) is 0.429. The highest BCUT2D eigenvalue weighted by atomic mass is 35.5. The van der Waals surface area contributed by atoms with Gasteiger partial charge in [0.15, 0.2) is 6.61 Å². The van der Waals surface area contributed by atoms with Crippen molar-refractivity contribution in [2.75, 3.05) is 6.61 Å². The number of halogens is 1. The van der Waals surface area contributed by atoms with Gasteiger partial charge in [-0.2, -0.15) is 0 Å². The predicted octanol–water partition coefficient (Wildman–Crippen LogP) is 2.51. The van der Waals surface area contributed by atoms with Crippen LogP contribution in [0.3, 0.4) is 0 Å². The molecule has 0 aliphatic carbocycles. The molecule has 20 heavy (non-hydrogen) atoms. The maximum Gasteiger partial charge on any atom is 0.342 e. The summed E-state index contributed by atoms with van der Waals surface area (Å²) in [6.45, 7) is 3.52. The molecule has 1 amide bonds. The Balaban J connectivity index is 2.49. The van der Waals surface area contributed by atoms with Crippen LogP contribution in [0.15, 0.2) is 18.2 Å². The Kier molecular flexibility index (Phi) is 6.31. The Morgan fingerprint density at radius 2 is 2.15 bits per heavy atom.